The van der Waals surface area contributed by atoms with Crippen molar-refractivity contribution in [2.75, 3.05) is 52.5 Å². The van der Waals surface area contributed by atoms with E-state index in [-0.39, 0.29) is 30.7 Å². The lowest BCUT2D eigenvalue weighted by atomic mass is 9.96. The fourth-order valence-corrected chi connectivity index (χ4v) is 4.32. The predicted molar refractivity (Wildman–Crippen MR) is 103 cm³/mol. The molecule has 0 N–H and O–H groups in total. The average Bonchev–Trinajstić information content (AvgIpc) is 2.98. The molecule has 2 fully saturated rings. The Morgan fingerprint density at radius 3 is 2.18 bits per heavy atom. The first-order valence-electron chi connectivity index (χ1n) is 10.2. The number of hydrogen-bond acceptors (Lipinski definition) is 5. The van der Waals surface area contributed by atoms with Crippen molar-refractivity contribution < 1.29 is 19.1 Å². The summed E-state index contributed by atoms with van der Waals surface area (Å²) in [5, 5.41) is 0. The van der Waals surface area contributed by atoms with Gasteiger partial charge in [-0.25, -0.2) is 0 Å². The minimum atomic E-state index is -0.294. The second-order valence-corrected chi connectivity index (χ2v) is 7.79. The summed E-state index contributed by atoms with van der Waals surface area (Å²) in [6.45, 7) is 6.38. The number of hydrogen-bond donors (Lipinski definition) is 0. The van der Waals surface area contributed by atoms with Gasteiger partial charge in [-0.2, -0.15) is 0 Å². The zero-order chi connectivity index (χ0) is 19.5. The quantitative estimate of drug-likeness (QED) is 0.714. The van der Waals surface area contributed by atoms with Gasteiger partial charge in [-0.15, -0.1) is 0 Å². The summed E-state index contributed by atoms with van der Waals surface area (Å²) >= 11 is 0. The number of benzene rings is 1. The van der Waals surface area contributed by atoms with Gasteiger partial charge in [-0.05, 0) is 30.9 Å². The zero-order valence-electron chi connectivity index (χ0n) is 16.1. The molecule has 28 heavy (non-hydrogen) atoms. The molecule has 3 aliphatic heterocycles. The Hall–Kier alpha value is -2.25. The van der Waals surface area contributed by atoms with Crippen LogP contribution in [-0.2, 0) is 9.53 Å². The number of carbonyl (C=O) groups excluding carboxylic acids is 3. The molecule has 0 atom stereocenters. The second kappa shape index (κ2) is 8.41. The van der Waals surface area contributed by atoms with Crippen molar-refractivity contribution in [2.24, 2.45) is 5.92 Å². The van der Waals surface area contributed by atoms with Crippen LogP contribution in [0.25, 0.3) is 0 Å². The first-order chi connectivity index (χ1) is 13.6. The van der Waals surface area contributed by atoms with Gasteiger partial charge in [0.15, 0.2) is 0 Å². The summed E-state index contributed by atoms with van der Waals surface area (Å²) in [7, 11) is 0. The van der Waals surface area contributed by atoms with E-state index in [0.717, 1.165) is 58.8 Å². The summed E-state index contributed by atoms with van der Waals surface area (Å²) in [6, 6.07) is 6.83. The van der Waals surface area contributed by atoms with Crippen LogP contribution in [0.4, 0.5) is 0 Å². The highest BCUT2D eigenvalue weighted by molar-refractivity contribution is 6.21. The van der Waals surface area contributed by atoms with Gasteiger partial charge >= 0.3 is 0 Å². The van der Waals surface area contributed by atoms with Gasteiger partial charge in [0.25, 0.3) is 11.8 Å². The third-order valence-electron chi connectivity index (χ3n) is 6.01. The van der Waals surface area contributed by atoms with Gasteiger partial charge in [-0.3, -0.25) is 24.2 Å². The Morgan fingerprint density at radius 1 is 0.964 bits per heavy atom. The third-order valence-corrected chi connectivity index (χ3v) is 6.01. The average molecular weight is 385 g/mol. The molecule has 7 heteroatoms. The highest BCUT2D eigenvalue weighted by Gasteiger charge is 2.35. The molecule has 3 aliphatic rings. The normalized spacial score (nSPS) is 21.3. The molecule has 7 nitrogen and oxygen atoms in total. The summed E-state index contributed by atoms with van der Waals surface area (Å²) in [5.41, 5.74) is 0.868. The molecule has 2 saturated heterocycles. The molecule has 0 unspecified atom stereocenters. The fraction of sp³-hybridized carbons (Fsp3) is 0.571. The second-order valence-electron chi connectivity index (χ2n) is 7.79. The molecule has 3 amide bonds. The summed E-state index contributed by atoms with van der Waals surface area (Å²) in [5.74, 6) is 0.0648. The smallest absolute Gasteiger partial charge is 0.261 e. The van der Waals surface area contributed by atoms with Crippen LogP contribution in [-0.4, -0.2) is 84.9 Å². The van der Waals surface area contributed by atoms with Crippen molar-refractivity contribution in [1.82, 2.24) is 14.7 Å². The lowest BCUT2D eigenvalue weighted by Gasteiger charge is -2.36. The largest absolute Gasteiger partial charge is 0.379 e. The molecule has 4 rings (SSSR count). The third kappa shape index (κ3) is 3.95. The Labute approximate surface area is 165 Å². The first kappa shape index (κ1) is 19.1. The van der Waals surface area contributed by atoms with E-state index in [0.29, 0.717) is 17.0 Å². The van der Waals surface area contributed by atoms with Gasteiger partial charge in [-0.1, -0.05) is 12.1 Å². The standard InChI is InChI=1S/C21H27N3O4/c25-19(7-10-24-20(26)17-3-1-2-4-18(17)21(24)27)23-8-5-16(6-9-23)15-22-11-13-28-14-12-22/h1-4,16H,5-15H2. The lowest BCUT2D eigenvalue weighted by Crippen LogP contribution is -2.45. The number of amides is 3. The molecule has 1 aromatic rings. The molecule has 0 bridgehead atoms. The van der Waals surface area contributed by atoms with Crippen LogP contribution in [0.1, 0.15) is 40.0 Å². The zero-order valence-corrected chi connectivity index (χ0v) is 16.1. The van der Waals surface area contributed by atoms with Gasteiger partial charge < -0.3 is 9.64 Å². The maximum Gasteiger partial charge on any atom is 0.261 e. The molecule has 150 valence electrons. The Balaban J connectivity index is 1.23. The summed E-state index contributed by atoms with van der Waals surface area (Å²) < 4.78 is 5.40. The van der Waals surface area contributed by atoms with E-state index in [1.807, 2.05) is 4.90 Å². The number of nitrogens with zero attached hydrogens (tertiary/aromatic N) is 3. The SMILES string of the molecule is O=C(CCN1C(=O)c2ccccc2C1=O)N1CCC(CN2CCOCC2)CC1. The Bertz CT molecular complexity index is 717. The lowest BCUT2D eigenvalue weighted by molar-refractivity contribution is -0.132. The number of fused-ring (bicyclic) bond motifs is 1. The van der Waals surface area contributed by atoms with E-state index in [1.54, 1.807) is 24.3 Å². The minimum absolute atomic E-state index is 0.0291. The highest BCUT2D eigenvalue weighted by atomic mass is 16.5. The number of imide groups is 1. The van der Waals surface area contributed by atoms with Crippen molar-refractivity contribution in [3.63, 3.8) is 0 Å². The van der Waals surface area contributed by atoms with E-state index >= 15 is 0 Å². The molecule has 0 saturated carbocycles. The van der Waals surface area contributed by atoms with Crippen molar-refractivity contribution >= 4 is 17.7 Å². The number of rotatable bonds is 5. The summed E-state index contributed by atoms with van der Waals surface area (Å²) in [4.78, 5) is 42.9. The van der Waals surface area contributed by atoms with Gasteiger partial charge in [0.1, 0.15) is 0 Å². The van der Waals surface area contributed by atoms with E-state index in [4.69, 9.17) is 4.74 Å². The maximum atomic E-state index is 12.6. The molecular formula is C21H27N3O4. The van der Waals surface area contributed by atoms with E-state index < -0.39 is 0 Å². The molecule has 0 aliphatic carbocycles. The molecule has 0 spiro atoms. The molecule has 3 heterocycles. The van der Waals surface area contributed by atoms with Crippen LogP contribution < -0.4 is 0 Å². The van der Waals surface area contributed by atoms with Crippen LogP contribution in [0.5, 0.6) is 0 Å². The van der Waals surface area contributed by atoms with Crippen molar-refractivity contribution in [3.05, 3.63) is 35.4 Å². The highest BCUT2D eigenvalue weighted by Crippen LogP contribution is 2.23. The van der Waals surface area contributed by atoms with Crippen molar-refractivity contribution in [3.8, 4) is 0 Å². The molecule has 1 aromatic carbocycles. The van der Waals surface area contributed by atoms with Crippen molar-refractivity contribution in [2.45, 2.75) is 19.3 Å². The van der Waals surface area contributed by atoms with Crippen molar-refractivity contribution in [1.29, 1.82) is 0 Å². The van der Waals surface area contributed by atoms with Gasteiger partial charge in [0, 0.05) is 45.7 Å². The van der Waals surface area contributed by atoms with Crippen LogP contribution >= 0.6 is 0 Å². The fourth-order valence-electron chi connectivity index (χ4n) is 4.32. The minimum Gasteiger partial charge on any atom is -0.379 e. The molecular weight excluding hydrogens is 358 g/mol. The van der Waals surface area contributed by atoms with E-state index in [2.05, 4.69) is 4.90 Å². The number of piperidine rings is 1. The Kier molecular flexibility index (Phi) is 5.73. The number of carbonyl (C=O) groups is 3. The van der Waals surface area contributed by atoms with E-state index in [1.165, 1.54) is 4.90 Å². The summed E-state index contributed by atoms with van der Waals surface area (Å²) in [6.07, 6.45) is 2.21. The number of morpholine rings is 1. The van der Waals surface area contributed by atoms with Gasteiger partial charge in [0.05, 0.1) is 24.3 Å². The Morgan fingerprint density at radius 2 is 1.57 bits per heavy atom. The maximum absolute atomic E-state index is 12.6. The molecule has 0 aromatic heterocycles. The van der Waals surface area contributed by atoms with E-state index in [9.17, 15) is 14.4 Å². The first-order valence-corrected chi connectivity index (χ1v) is 10.2. The van der Waals surface area contributed by atoms with Crippen LogP contribution in [0.15, 0.2) is 24.3 Å². The number of likely N-dealkylation sites (tertiary alicyclic amines) is 1. The molecule has 0 radical (unpaired) electrons. The topological polar surface area (TPSA) is 70.2 Å². The van der Waals surface area contributed by atoms with Crippen LogP contribution in [0, 0.1) is 5.92 Å². The monoisotopic (exact) mass is 385 g/mol. The van der Waals surface area contributed by atoms with Crippen LogP contribution in [0.3, 0.4) is 0 Å². The number of ether oxygens (including phenoxy) is 1. The van der Waals surface area contributed by atoms with Crippen LogP contribution in [0.2, 0.25) is 0 Å². The predicted octanol–water partition coefficient (Wildman–Crippen LogP) is 1.24. The van der Waals surface area contributed by atoms with Gasteiger partial charge in [0.2, 0.25) is 5.91 Å².